The van der Waals surface area contributed by atoms with Crippen molar-refractivity contribution in [2.75, 3.05) is 13.2 Å². The van der Waals surface area contributed by atoms with Gasteiger partial charge in [0.25, 0.3) is 0 Å². The fourth-order valence-corrected chi connectivity index (χ4v) is 1.20. The van der Waals surface area contributed by atoms with Crippen LogP contribution in [-0.2, 0) is 4.74 Å². The Morgan fingerprint density at radius 3 is 2.71 bits per heavy atom. The predicted molar refractivity (Wildman–Crippen MR) is 60.9 cm³/mol. The molecule has 4 heteroatoms. The zero-order valence-corrected chi connectivity index (χ0v) is 9.63. The summed E-state index contributed by atoms with van der Waals surface area (Å²) in [5.74, 6) is -2.06. The van der Waals surface area contributed by atoms with Crippen molar-refractivity contribution < 1.29 is 18.3 Å². The molecular formula is C13H14F2O2. The van der Waals surface area contributed by atoms with E-state index in [1.807, 2.05) is 6.92 Å². The average molecular weight is 240 g/mol. The highest BCUT2D eigenvalue weighted by atomic mass is 19.1. The Morgan fingerprint density at radius 2 is 2.12 bits per heavy atom. The standard InChI is InChI=1S/C13H14F2O2/c1-9(2)5-6-17-8-13(16)11-4-3-10(14)7-12(11)15/h3-4,7H,1,5-6,8H2,2H3. The van der Waals surface area contributed by atoms with Crippen LogP contribution in [0.15, 0.2) is 30.4 Å². The minimum atomic E-state index is -0.862. The lowest BCUT2D eigenvalue weighted by atomic mass is 10.1. The summed E-state index contributed by atoms with van der Waals surface area (Å²) < 4.78 is 30.9. The van der Waals surface area contributed by atoms with Crippen LogP contribution in [0.3, 0.4) is 0 Å². The lowest BCUT2D eigenvalue weighted by Gasteiger charge is -2.04. The quantitative estimate of drug-likeness (QED) is 0.434. The fourth-order valence-electron chi connectivity index (χ4n) is 1.20. The smallest absolute Gasteiger partial charge is 0.191 e. The van der Waals surface area contributed by atoms with Crippen LogP contribution in [0.2, 0.25) is 0 Å². The van der Waals surface area contributed by atoms with Crippen LogP contribution in [0.1, 0.15) is 23.7 Å². The minimum absolute atomic E-state index is 0.151. The molecule has 0 aliphatic heterocycles. The number of rotatable bonds is 6. The van der Waals surface area contributed by atoms with Gasteiger partial charge >= 0.3 is 0 Å². The van der Waals surface area contributed by atoms with Gasteiger partial charge < -0.3 is 4.74 Å². The number of hydrogen-bond donors (Lipinski definition) is 0. The molecule has 0 saturated heterocycles. The molecule has 2 nitrogen and oxygen atoms in total. The van der Waals surface area contributed by atoms with Crippen molar-refractivity contribution in [1.82, 2.24) is 0 Å². The third-order valence-corrected chi connectivity index (χ3v) is 2.14. The molecule has 1 aromatic carbocycles. The Bertz CT molecular complexity index is 427. The van der Waals surface area contributed by atoms with Crippen LogP contribution >= 0.6 is 0 Å². The molecule has 0 radical (unpaired) electrons. The van der Waals surface area contributed by atoms with E-state index in [9.17, 15) is 13.6 Å². The van der Waals surface area contributed by atoms with Gasteiger partial charge in [0.15, 0.2) is 5.78 Å². The van der Waals surface area contributed by atoms with Gasteiger partial charge in [0.05, 0.1) is 12.2 Å². The molecule has 0 unspecified atom stereocenters. The summed E-state index contributed by atoms with van der Waals surface area (Å²) in [4.78, 5) is 11.5. The number of halogens is 2. The van der Waals surface area contributed by atoms with E-state index in [1.165, 1.54) is 0 Å². The molecule has 0 aliphatic carbocycles. The zero-order chi connectivity index (χ0) is 12.8. The third kappa shape index (κ3) is 4.44. The van der Waals surface area contributed by atoms with Gasteiger partial charge in [0.1, 0.15) is 18.2 Å². The van der Waals surface area contributed by atoms with Gasteiger partial charge in [-0.3, -0.25) is 4.79 Å². The fraction of sp³-hybridized carbons (Fsp3) is 0.308. The van der Waals surface area contributed by atoms with Crippen LogP contribution < -0.4 is 0 Å². The molecule has 0 aromatic heterocycles. The van der Waals surface area contributed by atoms with Gasteiger partial charge in [-0.1, -0.05) is 5.57 Å². The molecule has 92 valence electrons. The Morgan fingerprint density at radius 1 is 1.41 bits per heavy atom. The Balaban J connectivity index is 2.50. The summed E-state index contributed by atoms with van der Waals surface area (Å²) in [5, 5.41) is 0. The maximum absolute atomic E-state index is 13.2. The SMILES string of the molecule is C=C(C)CCOCC(=O)c1ccc(F)cc1F. The molecule has 0 bridgehead atoms. The molecule has 0 saturated carbocycles. The predicted octanol–water partition coefficient (Wildman–Crippen LogP) is 3.13. The molecule has 0 heterocycles. The number of ketones is 1. The molecule has 1 aromatic rings. The summed E-state index contributed by atoms with van der Waals surface area (Å²) in [6.45, 7) is 5.69. The van der Waals surface area contributed by atoms with Gasteiger partial charge in [0, 0.05) is 6.07 Å². The van der Waals surface area contributed by atoms with Crippen molar-refractivity contribution >= 4 is 5.78 Å². The van der Waals surface area contributed by atoms with E-state index < -0.39 is 17.4 Å². The lowest BCUT2D eigenvalue weighted by molar-refractivity contribution is 0.0761. The first-order valence-electron chi connectivity index (χ1n) is 5.21. The lowest BCUT2D eigenvalue weighted by Crippen LogP contribution is -2.12. The first-order valence-corrected chi connectivity index (χ1v) is 5.21. The second-order valence-electron chi connectivity index (χ2n) is 3.81. The van der Waals surface area contributed by atoms with Gasteiger partial charge in [-0.15, -0.1) is 6.58 Å². The molecule has 0 atom stereocenters. The molecule has 0 N–H and O–H groups in total. The van der Waals surface area contributed by atoms with E-state index in [0.717, 1.165) is 17.7 Å². The number of hydrogen-bond acceptors (Lipinski definition) is 2. The van der Waals surface area contributed by atoms with Crippen molar-refractivity contribution in [2.45, 2.75) is 13.3 Å². The number of carbonyl (C=O) groups is 1. The molecule has 0 spiro atoms. The van der Waals surface area contributed by atoms with Gasteiger partial charge in [-0.05, 0) is 25.5 Å². The van der Waals surface area contributed by atoms with Crippen LogP contribution in [0, 0.1) is 11.6 Å². The number of carbonyl (C=O) groups excluding carboxylic acids is 1. The minimum Gasteiger partial charge on any atom is -0.373 e. The molecular weight excluding hydrogens is 226 g/mol. The largest absolute Gasteiger partial charge is 0.373 e. The molecule has 0 amide bonds. The molecule has 17 heavy (non-hydrogen) atoms. The average Bonchev–Trinajstić information content (AvgIpc) is 2.23. The maximum atomic E-state index is 13.2. The highest BCUT2D eigenvalue weighted by molar-refractivity contribution is 5.97. The van der Waals surface area contributed by atoms with Gasteiger partial charge in [0.2, 0.25) is 0 Å². The van der Waals surface area contributed by atoms with Gasteiger partial charge in [-0.2, -0.15) is 0 Å². The summed E-state index contributed by atoms with van der Waals surface area (Å²) in [7, 11) is 0. The Kier molecular flexibility index (Phi) is 4.97. The zero-order valence-electron chi connectivity index (χ0n) is 9.63. The van der Waals surface area contributed by atoms with Crippen LogP contribution in [-0.4, -0.2) is 19.0 Å². The highest BCUT2D eigenvalue weighted by Gasteiger charge is 2.12. The maximum Gasteiger partial charge on any atom is 0.191 e. The second-order valence-corrected chi connectivity index (χ2v) is 3.81. The van der Waals surface area contributed by atoms with E-state index in [1.54, 1.807) is 0 Å². The Labute approximate surface area is 98.9 Å². The van der Waals surface area contributed by atoms with Crippen LogP contribution in [0.5, 0.6) is 0 Å². The number of benzene rings is 1. The summed E-state index contributed by atoms with van der Waals surface area (Å²) in [6.07, 6.45) is 0.652. The van der Waals surface area contributed by atoms with Gasteiger partial charge in [-0.25, -0.2) is 8.78 Å². The van der Waals surface area contributed by atoms with Crippen LogP contribution in [0.4, 0.5) is 8.78 Å². The number of ether oxygens (including phenoxy) is 1. The molecule has 0 aliphatic rings. The van der Waals surface area contributed by atoms with Crippen molar-refractivity contribution in [3.63, 3.8) is 0 Å². The first-order chi connectivity index (χ1) is 8.00. The van der Waals surface area contributed by atoms with Crippen molar-refractivity contribution in [1.29, 1.82) is 0 Å². The Hall–Kier alpha value is -1.55. The number of Topliss-reactive ketones (excluding diaryl/α,β-unsaturated/α-hetero) is 1. The normalized spacial score (nSPS) is 10.3. The highest BCUT2D eigenvalue weighted by Crippen LogP contribution is 2.10. The van der Waals surface area contributed by atoms with Crippen LogP contribution in [0.25, 0.3) is 0 Å². The summed E-state index contributed by atoms with van der Waals surface area (Å²) in [6, 6.07) is 2.85. The molecule has 0 fully saturated rings. The van der Waals surface area contributed by atoms with Crippen molar-refractivity contribution in [2.24, 2.45) is 0 Å². The first kappa shape index (κ1) is 13.5. The van der Waals surface area contributed by atoms with E-state index >= 15 is 0 Å². The second kappa shape index (κ2) is 6.25. The van der Waals surface area contributed by atoms with Crippen molar-refractivity contribution in [3.05, 3.63) is 47.5 Å². The van der Waals surface area contributed by atoms with E-state index in [2.05, 4.69) is 6.58 Å². The summed E-state index contributed by atoms with van der Waals surface area (Å²) in [5.41, 5.74) is 0.798. The van der Waals surface area contributed by atoms with E-state index in [0.29, 0.717) is 19.1 Å². The van der Waals surface area contributed by atoms with E-state index in [-0.39, 0.29) is 12.2 Å². The van der Waals surface area contributed by atoms with E-state index in [4.69, 9.17) is 4.74 Å². The van der Waals surface area contributed by atoms with Crippen molar-refractivity contribution in [3.8, 4) is 0 Å². The topological polar surface area (TPSA) is 26.3 Å². The summed E-state index contributed by atoms with van der Waals surface area (Å²) >= 11 is 0. The molecule has 1 rings (SSSR count). The third-order valence-electron chi connectivity index (χ3n) is 2.14. The monoisotopic (exact) mass is 240 g/mol.